The summed E-state index contributed by atoms with van der Waals surface area (Å²) in [5.74, 6) is 2.10. The standard InChI is InChI=1S/C13H16O3/c1-2-15-13-7-11(8-14)5-6-12(13)16-9-10-3-4-10/h5-8,10H,2-4,9H2,1H3. The summed E-state index contributed by atoms with van der Waals surface area (Å²) >= 11 is 0. The molecular formula is C13H16O3. The predicted molar refractivity (Wildman–Crippen MR) is 61.2 cm³/mol. The molecule has 1 aromatic carbocycles. The van der Waals surface area contributed by atoms with E-state index in [1.54, 1.807) is 18.2 Å². The van der Waals surface area contributed by atoms with E-state index in [1.165, 1.54) is 12.8 Å². The molecule has 0 heterocycles. The van der Waals surface area contributed by atoms with Gasteiger partial charge in [0.15, 0.2) is 11.5 Å². The highest BCUT2D eigenvalue weighted by Gasteiger charge is 2.22. The average Bonchev–Trinajstić information content (AvgIpc) is 3.11. The first-order valence-corrected chi connectivity index (χ1v) is 5.68. The Morgan fingerprint density at radius 2 is 2.12 bits per heavy atom. The van der Waals surface area contributed by atoms with Crippen molar-refractivity contribution in [2.45, 2.75) is 19.8 Å². The summed E-state index contributed by atoms with van der Waals surface area (Å²) in [4.78, 5) is 10.7. The Labute approximate surface area is 95.4 Å². The van der Waals surface area contributed by atoms with Gasteiger partial charge in [-0.15, -0.1) is 0 Å². The second-order valence-electron chi connectivity index (χ2n) is 4.01. The van der Waals surface area contributed by atoms with E-state index in [1.807, 2.05) is 6.92 Å². The summed E-state index contributed by atoms with van der Waals surface area (Å²) in [6.07, 6.45) is 3.33. The molecule has 0 radical (unpaired) electrons. The molecule has 0 unspecified atom stereocenters. The summed E-state index contributed by atoms with van der Waals surface area (Å²) < 4.78 is 11.1. The summed E-state index contributed by atoms with van der Waals surface area (Å²) in [5.41, 5.74) is 0.613. The minimum absolute atomic E-state index is 0.572. The molecule has 2 rings (SSSR count). The van der Waals surface area contributed by atoms with Crippen molar-refractivity contribution < 1.29 is 14.3 Å². The van der Waals surface area contributed by atoms with Crippen molar-refractivity contribution in [1.82, 2.24) is 0 Å². The van der Waals surface area contributed by atoms with Crippen LogP contribution < -0.4 is 9.47 Å². The molecule has 3 heteroatoms. The van der Waals surface area contributed by atoms with Crippen LogP contribution in [0.1, 0.15) is 30.1 Å². The molecule has 1 aliphatic carbocycles. The number of carbonyl (C=O) groups excluding carboxylic acids is 1. The Balaban J connectivity index is 2.09. The normalized spacial score (nSPS) is 14.6. The summed E-state index contributed by atoms with van der Waals surface area (Å²) in [5, 5.41) is 0. The van der Waals surface area contributed by atoms with Gasteiger partial charge in [0.2, 0.25) is 0 Å². The first kappa shape index (κ1) is 11.0. The van der Waals surface area contributed by atoms with Crippen molar-refractivity contribution in [3.05, 3.63) is 23.8 Å². The Morgan fingerprint density at radius 3 is 2.75 bits per heavy atom. The van der Waals surface area contributed by atoms with Crippen LogP contribution in [0.5, 0.6) is 11.5 Å². The van der Waals surface area contributed by atoms with Gasteiger partial charge in [0, 0.05) is 5.56 Å². The maximum absolute atomic E-state index is 10.7. The van der Waals surface area contributed by atoms with Crippen LogP contribution in [-0.4, -0.2) is 19.5 Å². The van der Waals surface area contributed by atoms with Crippen molar-refractivity contribution in [2.75, 3.05) is 13.2 Å². The van der Waals surface area contributed by atoms with Gasteiger partial charge in [0.05, 0.1) is 13.2 Å². The number of carbonyl (C=O) groups is 1. The highest BCUT2D eigenvalue weighted by Crippen LogP contribution is 2.33. The number of hydrogen-bond donors (Lipinski definition) is 0. The van der Waals surface area contributed by atoms with Gasteiger partial charge in [0.25, 0.3) is 0 Å². The van der Waals surface area contributed by atoms with Gasteiger partial charge in [-0.1, -0.05) is 0 Å². The monoisotopic (exact) mass is 220 g/mol. The van der Waals surface area contributed by atoms with Crippen LogP contribution in [0, 0.1) is 5.92 Å². The molecule has 0 aliphatic heterocycles. The number of ether oxygens (including phenoxy) is 2. The third kappa shape index (κ3) is 2.75. The minimum Gasteiger partial charge on any atom is -0.490 e. The zero-order chi connectivity index (χ0) is 11.4. The van der Waals surface area contributed by atoms with Gasteiger partial charge >= 0.3 is 0 Å². The van der Waals surface area contributed by atoms with Crippen molar-refractivity contribution in [2.24, 2.45) is 5.92 Å². The van der Waals surface area contributed by atoms with Crippen molar-refractivity contribution >= 4 is 6.29 Å². The summed E-state index contributed by atoms with van der Waals surface area (Å²) in [6.45, 7) is 3.24. The van der Waals surface area contributed by atoms with Crippen LogP contribution in [0.2, 0.25) is 0 Å². The first-order chi connectivity index (χ1) is 7.83. The third-order valence-corrected chi connectivity index (χ3v) is 2.58. The second kappa shape index (κ2) is 5.01. The number of aldehydes is 1. The minimum atomic E-state index is 0.572. The molecule has 1 saturated carbocycles. The second-order valence-corrected chi connectivity index (χ2v) is 4.01. The SMILES string of the molecule is CCOc1cc(C=O)ccc1OCC1CC1. The lowest BCUT2D eigenvalue weighted by Gasteiger charge is -2.11. The zero-order valence-electron chi connectivity index (χ0n) is 9.44. The molecule has 1 fully saturated rings. The smallest absolute Gasteiger partial charge is 0.161 e. The van der Waals surface area contributed by atoms with E-state index in [0.29, 0.717) is 23.8 Å². The van der Waals surface area contributed by atoms with E-state index >= 15 is 0 Å². The fraction of sp³-hybridized carbons (Fsp3) is 0.462. The van der Waals surface area contributed by atoms with E-state index in [0.717, 1.165) is 18.6 Å². The van der Waals surface area contributed by atoms with E-state index in [-0.39, 0.29) is 0 Å². The van der Waals surface area contributed by atoms with Crippen LogP contribution >= 0.6 is 0 Å². The zero-order valence-corrected chi connectivity index (χ0v) is 9.44. The summed E-state index contributed by atoms with van der Waals surface area (Å²) in [7, 11) is 0. The highest BCUT2D eigenvalue weighted by molar-refractivity contribution is 5.76. The maximum Gasteiger partial charge on any atom is 0.161 e. The lowest BCUT2D eigenvalue weighted by Crippen LogP contribution is -2.02. The molecule has 1 aromatic rings. The lowest BCUT2D eigenvalue weighted by molar-refractivity contribution is 0.112. The van der Waals surface area contributed by atoms with Crippen molar-refractivity contribution in [3.63, 3.8) is 0 Å². The molecule has 0 atom stereocenters. The average molecular weight is 220 g/mol. The molecule has 0 aromatic heterocycles. The van der Waals surface area contributed by atoms with Crippen LogP contribution in [-0.2, 0) is 0 Å². The molecule has 1 aliphatic rings. The van der Waals surface area contributed by atoms with Crippen LogP contribution in [0.25, 0.3) is 0 Å². The molecule has 0 spiro atoms. The molecule has 86 valence electrons. The van der Waals surface area contributed by atoms with E-state index in [4.69, 9.17) is 9.47 Å². The van der Waals surface area contributed by atoms with E-state index in [9.17, 15) is 4.79 Å². The Morgan fingerprint density at radius 1 is 1.31 bits per heavy atom. The van der Waals surface area contributed by atoms with Crippen LogP contribution in [0.4, 0.5) is 0 Å². The van der Waals surface area contributed by atoms with Gasteiger partial charge in [0.1, 0.15) is 6.29 Å². The van der Waals surface area contributed by atoms with Crippen molar-refractivity contribution in [1.29, 1.82) is 0 Å². The molecule has 0 N–H and O–H groups in total. The van der Waals surface area contributed by atoms with E-state index < -0.39 is 0 Å². The molecule has 0 saturated heterocycles. The Bertz CT molecular complexity index is 369. The highest BCUT2D eigenvalue weighted by atomic mass is 16.5. The fourth-order valence-electron chi connectivity index (χ4n) is 1.48. The Hall–Kier alpha value is -1.51. The van der Waals surface area contributed by atoms with Crippen molar-refractivity contribution in [3.8, 4) is 11.5 Å². The number of benzene rings is 1. The lowest BCUT2D eigenvalue weighted by atomic mass is 10.2. The molecule has 0 amide bonds. The van der Waals surface area contributed by atoms with Gasteiger partial charge in [-0.05, 0) is 43.9 Å². The molecule has 0 bridgehead atoms. The third-order valence-electron chi connectivity index (χ3n) is 2.58. The number of rotatable bonds is 6. The van der Waals surface area contributed by atoms with Crippen LogP contribution in [0.15, 0.2) is 18.2 Å². The van der Waals surface area contributed by atoms with Gasteiger partial charge in [-0.2, -0.15) is 0 Å². The maximum atomic E-state index is 10.7. The quantitative estimate of drug-likeness (QED) is 0.691. The largest absolute Gasteiger partial charge is 0.490 e. The topological polar surface area (TPSA) is 35.5 Å². The molecule has 16 heavy (non-hydrogen) atoms. The van der Waals surface area contributed by atoms with Gasteiger partial charge in [-0.3, -0.25) is 4.79 Å². The molecular weight excluding hydrogens is 204 g/mol. The van der Waals surface area contributed by atoms with Gasteiger partial charge < -0.3 is 9.47 Å². The van der Waals surface area contributed by atoms with Gasteiger partial charge in [-0.25, -0.2) is 0 Å². The fourth-order valence-corrected chi connectivity index (χ4v) is 1.48. The summed E-state index contributed by atoms with van der Waals surface area (Å²) in [6, 6.07) is 5.27. The van der Waals surface area contributed by atoms with Crippen LogP contribution in [0.3, 0.4) is 0 Å². The first-order valence-electron chi connectivity index (χ1n) is 5.68. The van der Waals surface area contributed by atoms with E-state index in [2.05, 4.69) is 0 Å². The Kier molecular flexibility index (Phi) is 3.44. The predicted octanol–water partition coefficient (Wildman–Crippen LogP) is 2.69. The number of hydrogen-bond acceptors (Lipinski definition) is 3. The molecule has 3 nitrogen and oxygen atoms in total.